The molecule has 2 unspecified atom stereocenters. The molecule has 0 radical (unpaired) electrons. The Balaban J connectivity index is 2.30. The van der Waals surface area contributed by atoms with E-state index in [1.807, 2.05) is 18.2 Å². The van der Waals surface area contributed by atoms with E-state index in [0.29, 0.717) is 11.7 Å². The molecule has 0 aliphatic heterocycles. The third-order valence-corrected chi connectivity index (χ3v) is 3.39. The molecule has 0 heterocycles. The van der Waals surface area contributed by atoms with Crippen molar-refractivity contribution in [2.75, 3.05) is 0 Å². The minimum atomic E-state index is 0.234. The molecule has 0 fully saturated rings. The third kappa shape index (κ3) is 1.37. The van der Waals surface area contributed by atoms with Crippen LogP contribution in [0.25, 0.3) is 0 Å². The highest BCUT2D eigenvalue weighted by atomic mass is 16.1. The average Bonchev–Trinajstić information content (AvgIpc) is 2.56. The highest BCUT2D eigenvalue weighted by molar-refractivity contribution is 6.02. The maximum atomic E-state index is 12.0. The first-order valence-electron chi connectivity index (χ1n) is 5.36. The van der Waals surface area contributed by atoms with Crippen molar-refractivity contribution in [1.29, 1.82) is 0 Å². The molecular formula is C13H16O. The predicted molar refractivity (Wildman–Crippen MR) is 57.4 cm³/mol. The molecule has 0 saturated heterocycles. The van der Waals surface area contributed by atoms with Gasteiger partial charge in [0, 0.05) is 11.5 Å². The molecule has 1 aromatic rings. The first kappa shape index (κ1) is 9.45. The van der Waals surface area contributed by atoms with Crippen LogP contribution in [0.15, 0.2) is 24.3 Å². The zero-order valence-corrected chi connectivity index (χ0v) is 8.79. The molecule has 0 saturated carbocycles. The van der Waals surface area contributed by atoms with Crippen LogP contribution in [-0.4, -0.2) is 5.78 Å². The summed E-state index contributed by atoms with van der Waals surface area (Å²) in [6, 6.07) is 8.01. The second kappa shape index (κ2) is 3.56. The van der Waals surface area contributed by atoms with Crippen LogP contribution in [-0.2, 0) is 6.42 Å². The number of hydrogen-bond acceptors (Lipinski definition) is 1. The van der Waals surface area contributed by atoms with Gasteiger partial charge >= 0.3 is 0 Å². The van der Waals surface area contributed by atoms with Crippen molar-refractivity contribution in [3.05, 3.63) is 35.4 Å². The van der Waals surface area contributed by atoms with Gasteiger partial charge in [0.1, 0.15) is 0 Å². The lowest BCUT2D eigenvalue weighted by molar-refractivity contribution is 0.0897. The minimum absolute atomic E-state index is 0.234. The largest absolute Gasteiger partial charge is 0.294 e. The SMILES string of the molecule is CCC(C)C1Cc2ccccc2C1=O. The summed E-state index contributed by atoms with van der Waals surface area (Å²) in [6.45, 7) is 4.33. The maximum Gasteiger partial charge on any atom is 0.166 e. The zero-order valence-electron chi connectivity index (χ0n) is 8.79. The quantitative estimate of drug-likeness (QED) is 0.697. The average molecular weight is 188 g/mol. The Hall–Kier alpha value is -1.11. The molecule has 1 nitrogen and oxygen atoms in total. The molecule has 0 N–H and O–H groups in total. The number of hydrogen-bond donors (Lipinski definition) is 0. The Kier molecular flexibility index (Phi) is 2.40. The molecule has 1 heteroatoms. The van der Waals surface area contributed by atoms with Crippen molar-refractivity contribution in [1.82, 2.24) is 0 Å². The topological polar surface area (TPSA) is 17.1 Å². The van der Waals surface area contributed by atoms with Gasteiger partial charge in [0.2, 0.25) is 0 Å². The normalized spacial score (nSPS) is 22.1. The monoisotopic (exact) mass is 188 g/mol. The van der Waals surface area contributed by atoms with Crippen LogP contribution in [0.5, 0.6) is 0 Å². The van der Waals surface area contributed by atoms with E-state index >= 15 is 0 Å². The van der Waals surface area contributed by atoms with E-state index < -0.39 is 0 Å². The van der Waals surface area contributed by atoms with Gasteiger partial charge in [0.15, 0.2) is 5.78 Å². The number of Topliss-reactive ketones (excluding diaryl/α,β-unsaturated/α-hetero) is 1. The van der Waals surface area contributed by atoms with Crippen molar-refractivity contribution >= 4 is 5.78 Å². The molecule has 0 aromatic heterocycles. The maximum absolute atomic E-state index is 12.0. The summed E-state index contributed by atoms with van der Waals surface area (Å²) in [4.78, 5) is 12.0. The van der Waals surface area contributed by atoms with E-state index in [1.165, 1.54) is 5.56 Å². The van der Waals surface area contributed by atoms with Gasteiger partial charge in [-0.1, -0.05) is 44.5 Å². The van der Waals surface area contributed by atoms with Gasteiger partial charge in [0.05, 0.1) is 0 Å². The number of carbonyl (C=O) groups is 1. The van der Waals surface area contributed by atoms with Gasteiger partial charge in [-0.2, -0.15) is 0 Å². The summed E-state index contributed by atoms with van der Waals surface area (Å²) in [6.07, 6.45) is 2.04. The molecule has 0 bridgehead atoms. The molecule has 0 spiro atoms. The fourth-order valence-corrected chi connectivity index (χ4v) is 2.21. The predicted octanol–water partition coefficient (Wildman–Crippen LogP) is 3.09. The van der Waals surface area contributed by atoms with Crippen LogP contribution in [0.3, 0.4) is 0 Å². The molecule has 74 valence electrons. The van der Waals surface area contributed by atoms with E-state index in [1.54, 1.807) is 0 Å². The van der Waals surface area contributed by atoms with Crippen molar-refractivity contribution < 1.29 is 4.79 Å². The Labute approximate surface area is 85.1 Å². The first-order valence-corrected chi connectivity index (χ1v) is 5.36. The minimum Gasteiger partial charge on any atom is -0.294 e. The molecule has 1 aromatic carbocycles. The molecule has 1 aliphatic carbocycles. The van der Waals surface area contributed by atoms with Crippen molar-refractivity contribution in [3.8, 4) is 0 Å². The molecular weight excluding hydrogens is 172 g/mol. The van der Waals surface area contributed by atoms with Crippen LogP contribution in [0.1, 0.15) is 36.2 Å². The number of benzene rings is 1. The second-order valence-electron chi connectivity index (χ2n) is 4.22. The summed E-state index contributed by atoms with van der Waals surface area (Å²) in [5.74, 6) is 1.10. The van der Waals surface area contributed by atoms with Crippen LogP contribution in [0.4, 0.5) is 0 Å². The number of carbonyl (C=O) groups excluding carboxylic acids is 1. The Morgan fingerprint density at radius 2 is 2.14 bits per heavy atom. The summed E-state index contributed by atoms with van der Waals surface area (Å²) in [7, 11) is 0. The van der Waals surface area contributed by atoms with Crippen molar-refractivity contribution in [3.63, 3.8) is 0 Å². The molecule has 1 aliphatic rings. The lowest BCUT2D eigenvalue weighted by atomic mass is 9.89. The Morgan fingerprint density at radius 1 is 1.43 bits per heavy atom. The third-order valence-electron chi connectivity index (χ3n) is 3.39. The van der Waals surface area contributed by atoms with Gasteiger partial charge < -0.3 is 0 Å². The first-order chi connectivity index (χ1) is 6.74. The van der Waals surface area contributed by atoms with Crippen molar-refractivity contribution in [2.24, 2.45) is 11.8 Å². The van der Waals surface area contributed by atoms with Crippen LogP contribution >= 0.6 is 0 Å². The van der Waals surface area contributed by atoms with Gasteiger partial charge in [0.25, 0.3) is 0 Å². The van der Waals surface area contributed by atoms with E-state index in [2.05, 4.69) is 19.9 Å². The zero-order chi connectivity index (χ0) is 10.1. The molecule has 14 heavy (non-hydrogen) atoms. The summed E-state index contributed by atoms with van der Waals surface area (Å²) in [5.41, 5.74) is 2.20. The lowest BCUT2D eigenvalue weighted by Gasteiger charge is -2.14. The van der Waals surface area contributed by atoms with Gasteiger partial charge in [-0.3, -0.25) is 4.79 Å². The van der Waals surface area contributed by atoms with Gasteiger partial charge in [-0.25, -0.2) is 0 Å². The van der Waals surface area contributed by atoms with E-state index in [9.17, 15) is 4.79 Å². The van der Waals surface area contributed by atoms with E-state index in [4.69, 9.17) is 0 Å². The number of ketones is 1. The van der Waals surface area contributed by atoms with E-state index in [-0.39, 0.29) is 5.92 Å². The molecule has 2 rings (SSSR count). The second-order valence-corrected chi connectivity index (χ2v) is 4.22. The smallest absolute Gasteiger partial charge is 0.166 e. The summed E-state index contributed by atoms with van der Waals surface area (Å²) < 4.78 is 0. The fourth-order valence-electron chi connectivity index (χ4n) is 2.21. The standard InChI is InChI=1S/C13H16O/c1-3-9(2)12-8-10-6-4-5-7-11(10)13(12)14/h4-7,9,12H,3,8H2,1-2H3. The number of rotatable bonds is 2. The van der Waals surface area contributed by atoms with Crippen molar-refractivity contribution in [2.45, 2.75) is 26.7 Å². The van der Waals surface area contributed by atoms with Gasteiger partial charge in [-0.15, -0.1) is 0 Å². The molecule has 0 amide bonds. The Bertz CT molecular complexity index is 354. The van der Waals surface area contributed by atoms with Gasteiger partial charge in [-0.05, 0) is 17.9 Å². The molecule has 2 atom stereocenters. The Morgan fingerprint density at radius 3 is 2.79 bits per heavy atom. The van der Waals surface area contributed by atoms with E-state index in [0.717, 1.165) is 18.4 Å². The highest BCUT2D eigenvalue weighted by Crippen LogP contribution is 2.32. The van der Waals surface area contributed by atoms with Crippen LogP contribution in [0, 0.1) is 11.8 Å². The highest BCUT2D eigenvalue weighted by Gasteiger charge is 2.32. The lowest BCUT2D eigenvalue weighted by Crippen LogP contribution is -2.17. The number of fused-ring (bicyclic) bond motifs is 1. The van der Waals surface area contributed by atoms with Crippen LogP contribution < -0.4 is 0 Å². The summed E-state index contributed by atoms with van der Waals surface area (Å²) in [5, 5.41) is 0. The summed E-state index contributed by atoms with van der Waals surface area (Å²) >= 11 is 0. The van der Waals surface area contributed by atoms with Crippen LogP contribution in [0.2, 0.25) is 0 Å². The fraction of sp³-hybridized carbons (Fsp3) is 0.462.